The summed E-state index contributed by atoms with van der Waals surface area (Å²) in [5.74, 6) is -2.08. The van der Waals surface area contributed by atoms with Gasteiger partial charge < -0.3 is 10.4 Å². The topological polar surface area (TPSA) is 83.5 Å². The van der Waals surface area contributed by atoms with Crippen LogP contribution in [0.4, 0.5) is 5.69 Å². The molecule has 1 unspecified atom stereocenters. The summed E-state index contributed by atoms with van der Waals surface area (Å²) in [5, 5.41) is 11.9. The molecule has 0 spiro atoms. The fourth-order valence-corrected chi connectivity index (χ4v) is 2.88. The van der Waals surface area contributed by atoms with Crippen molar-refractivity contribution in [1.82, 2.24) is 0 Å². The molecule has 1 saturated carbocycles. The molecule has 3 atom stereocenters. The number of carbonyl (C=O) groups excluding carboxylic acids is 2. The highest BCUT2D eigenvalue weighted by Crippen LogP contribution is 2.37. The molecule has 0 aromatic heterocycles. The number of ketones is 1. The highest BCUT2D eigenvalue weighted by Gasteiger charge is 2.41. The van der Waals surface area contributed by atoms with Crippen LogP contribution in [-0.4, -0.2) is 22.8 Å². The fourth-order valence-electron chi connectivity index (χ4n) is 2.88. The molecule has 5 heteroatoms. The van der Waals surface area contributed by atoms with Gasteiger partial charge >= 0.3 is 5.97 Å². The molecule has 1 aromatic carbocycles. The first-order chi connectivity index (χ1) is 9.88. The first-order valence-corrected chi connectivity index (χ1v) is 7.03. The number of amides is 1. The van der Waals surface area contributed by atoms with Crippen LogP contribution in [0.1, 0.15) is 37.0 Å². The van der Waals surface area contributed by atoms with Crippen LogP contribution in [0.15, 0.2) is 24.3 Å². The summed E-state index contributed by atoms with van der Waals surface area (Å²) in [6.07, 6.45) is 1.13. The minimum absolute atomic E-state index is 0.0385. The van der Waals surface area contributed by atoms with Crippen molar-refractivity contribution in [3.05, 3.63) is 29.8 Å². The van der Waals surface area contributed by atoms with E-state index in [-0.39, 0.29) is 17.6 Å². The predicted octanol–water partition coefficient (Wildman–Crippen LogP) is 2.57. The van der Waals surface area contributed by atoms with Gasteiger partial charge in [-0.3, -0.25) is 14.4 Å². The molecular weight excluding hydrogens is 270 g/mol. The van der Waals surface area contributed by atoms with E-state index in [1.54, 1.807) is 24.3 Å². The highest BCUT2D eigenvalue weighted by molar-refractivity contribution is 5.97. The number of benzene rings is 1. The van der Waals surface area contributed by atoms with Crippen molar-refractivity contribution >= 4 is 23.3 Å². The lowest BCUT2D eigenvalue weighted by Crippen LogP contribution is -2.29. The van der Waals surface area contributed by atoms with Crippen LogP contribution in [0.3, 0.4) is 0 Å². The van der Waals surface area contributed by atoms with Gasteiger partial charge in [-0.2, -0.15) is 0 Å². The molecular formula is C16H19NO4. The molecule has 1 aliphatic rings. The minimum atomic E-state index is -0.911. The third-order valence-corrected chi connectivity index (χ3v) is 4.01. The molecule has 0 radical (unpaired) electrons. The third-order valence-electron chi connectivity index (χ3n) is 4.01. The van der Waals surface area contributed by atoms with Gasteiger partial charge in [-0.25, -0.2) is 0 Å². The van der Waals surface area contributed by atoms with E-state index in [0.29, 0.717) is 24.1 Å². The van der Waals surface area contributed by atoms with Gasteiger partial charge in [0.1, 0.15) is 0 Å². The quantitative estimate of drug-likeness (QED) is 0.834. The lowest BCUT2D eigenvalue weighted by atomic mass is 9.95. The van der Waals surface area contributed by atoms with Crippen molar-refractivity contribution in [2.45, 2.75) is 26.7 Å². The molecule has 0 aliphatic heterocycles. The normalized spacial score (nSPS) is 24.6. The highest BCUT2D eigenvalue weighted by atomic mass is 16.4. The SMILES string of the molecule is CC(=O)c1ccc(NC(=O)[C@H]2CC(C)C[C@H]2C(=O)O)cc1. The number of rotatable bonds is 4. The summed E-state index contributed by atoms with van der Waals surface area (Å²) in [7, 11) is 0. The van der Waals surface area contributed by atoms with Gasteiger partial charge in [0.05, 0.1) is 11.8 Å². The Labute approximate surface area is 123 Å². The van der Waals surface area contributed by atoms with Crippen molar-refractivity contribution < 1.29 is 19.5 Å². The molecule has 21 heavy (non-hydrogen) atoms. The van der Waals surface area contributed by atoms with Crippen LogP contribution in [-0.2, 0) is 9.59 Å². The second-order valence-corrected chi connectivity index (χ2v) is 5.75. The van der Waals surface area contributed by atoms with E-state index in [1.807, 2.05) is 6.92 Å². The second kappa shape index (κ2) is 6.08. The predicted molar refractivity (Wildman–Crippen MR) is 78.1 cm³/mol. The summed E-state index contributed by atoms with van der Waals surface area (Å²) in [4.78, 5) is 34.7. The van der Waals surface area contributed by atoms with Gasteiger partial charge in [0.2, 0.25) is 5.91 Å². The minimum Gasteiger partial charge on any atom is -0.481 e. The Bertz CT molecular complexity index is 564. The van der Waals surface area contributed by atoms with Crippen LogP contribution < -0.4 is 5.32 Å². The van der Waals surface area contributed by atoms with E-state index in [4.69, 9.17) is 0 Å². The Morgan fingerprint density at radius 2 is 1.67 bits per heavy atom. The molecule has 0 saturated heterocycles. The van der Waals surface area contributed by atoms with Crippen molar-refractivity contribution in [3.63, 3.8) is 0 Å². The number of hydrogen-bond acceptors (Lipinski definition) is 3. The Morgan fingerprint density at radius 3 is 2.19 bits per heavy atom. The number of Topliss-reactive ketones (excluding diaryl/α,β-unsaturated/α-hetero) is 1. The Kier molecular flexibility index (Phi) is 4.40. The first-order valence-electron chi connectivity index (χ1n) is 7.03. The molecule has 0 bridgehead atoms. The van der Waals surface area contributed by atoms with Crippen LogP contribution in [0, 0.1) is 17.8 Å². The average molecular weight is 289 g/mol. The Balaban J connectivity index is 2.06. The monoisotopic (exact) mass is 289 g/mol. The molecule has 1 fully saturated rings. The summed E-state index contributed by atoms with van der Waals surface area (Å²) in [6, 6.07) is 6.60. The van der Waals surface area contributed by atoms with E-state index >= 15 is 0 Å². The van der Waals surface area contributed by atoms with Crippen molar-refractivity contribution in [2.75, 3.05) is 5.32 Å². The Morgan fingerprint density at radius 1 is 1.10 bits per heavy atom. The number of nitrogens with one attached hydrogen (secondary N) is 1. The average Bonchev–Trinajstić information content (AvgIpc) is 2.82. The zero-order chi connectivity index (χ0) is 15.6. The van der Waals surface area contributed by atoms with E-state index in [2.05, 4.69) is 5.32 Å². The lowest BCUT2D eigenvalue weighted by molar-refractivity contribution is -0.145. The van der Waals surface area contributed by atoms with Gasteiger partial charge in [-0.05, 0) is 49.9 Å². The summed E-state index contributed by atoms with van der Waals surface area (Å²) < 4.78 is 0. The van der Waals surface area contributed by atoms with E-state index in [9.17, 15) is 19.5 Å². The number of carbonyl (C=O) groups is 3. The van der Waals surface area contributed by atoms with Crippen LogP contribution in [0.25, 0.3) is 0 Å². The van der Waals surface area contributed by atoms with Crippen molar-refractivity contribution in [1.29, 1.82) is 0 Å². The maximum absolute atomic E-state index is 12.3. The fraction of sp³-hybridized carbons (Fsp3) is 0.438. The van der Waals surface area contributed by atoms with Crippen LogP contribution in [0.2, 0.25) is 0 Å². The standard InChI is InChI=1S/C16H19NO4/c1-9-7-13(14(8-9)16(20)21)15(19)17-12-5-3-11(4-6-12)10(2)18/h3-6,9,13-14H,7-8H2,1-2H3,(H,17,19)(H,20,21)/t9?,13-,14+/m0/s1. The largest absolute Gasteiger partial charge is 0.481 e. The van der Waals surface area contributed by atoms with Crippen LogP contribution >= 0.6 is 0 Å². The molecule has 1 amide bonds. The van der Waals surface area contributed by atoms with E-state index in [0.717, 1.165) is 0 Å². The number of carboxylic acid groups (broad SMARTS) is 1. The van der Waals surface area contributed by atoms with Gasteiger partial charge in [0.25, 0.3) is 0 Å². The van der Waals surface area contributed by atoms with Gasteiger partial charge in [-0.15, -0.1) is 0 Å². The third kappa shape index (κ3) is 3.48. The first kappa shape index (κ1) is 15.2. The summed E-state index contributed by atoms with van der Waals surface area (Å²) in [5.41, 5.74) is 1.15. The maximum atomic E-state index is 12.3. The van der Waals surface area contributed by atoms with Crippen molar-refractivity contribution in [3.8, 4) is 0 Å². The molecule has 1 aliphatic carbocycles. The second-order valence-electron chi connectivity index (χ2n) is 5.75. The van der Waals surface area contributed by atoms with E-state index in [1.165, 1.54) is 6.92 Å². The molecule has 0 heterocycles. The summed E-state index contributed by atoms with van der Waals surface area (Å²) in [6.45, 7) is 3.44. The van der Waals surface area contributed by atoms with Gasteiger partial charge in [0.15, 0.2) is 5.78 Å². The van der Waals surface area contributed by atoms with Gasteiger partial charge in [0, 0.05) is 11.3 Å². The van der Waals surface area contributed by atoms with Gasteiger partial charge in [-0.1, -0.05) is 6.92 Å². The number of anilines is 1. The summed E-state index contributed by atoms with van der Waals surface area (Å²) >= 11 is 0. The van der Waals surface area contributed by atoms with Crippen LogP contribution in [0.5, 0.6) is 0 Å². The van der Waals surface area contributed by atoms with E-state index < -0.39 is 17.8 Å². The number of hydrogen-bond donors (Lipinski definition) is 2. The Hall–Kier alpha value is -2.17. The molecule has 1 aromatic rings. The molecule has 2 rings (SSSR count). The molecule has 2 N–H and O–H groups in total. The molecule has 112 valence electrons. The zero-order valence-electron chi connectivity index (χ0n) is 12.1. The maximum Gasteiger partial charge on any atom is 0.307 e. The molecule has 5 nitrogen and oxygen atoms in total. The smallest absolute Gasteiger partial charge is 0.307 e. The lowest BCUT2D eigenvalue weighted by Gasteiger charge is -2.15. The number of aliphatic carboxylic acids is 1. The van der Waals surface area contributed by atoms with Crippen molar-refractivity contribution in [2.24, 2.45) is 17.8 Å². The number of carboxylic acids is 1. The zero-order valence-corrected chi connectivity index (χ0v) is 12.1.